The molecule has 0 aliphatic heterocycles. The van der Waals surface area contributed by atoms with Crippen molar-refractivity contribution in [3.63, 3.8) is 0 Å². The Morgan fingerprint density at radius 3 is 1.75 bits per heavy atom. The molecular weight excluding hydrogens is 400 g/mol. The lowest BCUT2D eigenvalue weighted by Gasteiger charge is -2.18. The number of hydrogen-bond donors (Lipinski definition) is 2. The van der Waals surface area contributed by atoms with E-state index < -0.39 is 11.9 Å². The van der Waals surface area contributed by atoms with Gasteiger partial charge in [-0.2, -0.15) is 0 Å². The fraction of sp³-hybridized carbons (Fsp3) is 0.786. The number of hydrogen-bond acceptors (Lipinski definition) is 2. The average Bonchev–Trinajstić information content (AvgIpc) is 2.75. The quantitative estimate of drug-likeness (QED) is 0.121. The molecule has 0 aromatic carbocycles. The number of allylic oxidation sites excluding steroid dienone is 4. The first-order valence-corrected chi connectivity index (χ1v) is 13.2. The van der Waals surface area contributed by atoms with E-state index in [4.69, 9.17) is 5.11 Å². The van der Waals surface area contributed by atoms with Gasteiger partial charge in [-0.3, -0.25) is 9.59 Å². The van der Waals surface area contributed by atoms with Crippen molar-refractivity contribution in [2.45, 2.75) is 129 Å². The van der Waals surface area contributed by atoms with Crippen LogP contribution < -0.4 is 0 Å². The van der Waals surface area contributed by atoms with Gasteiger partial charge in [0.2, 0.25) is 0 Å². The van der Waals surface area contributed by atoms with Crippen molar-refractivity contribution in [1.82, 2.24) is 0 Å². The maximum atomic E-state index is 11.7. The minimum absolute atomic E-state index is 0.172. The van der Waals surface area contributed by atoms with Crippen LogP contribution in [-0.4, -0.2) is 22.2 Å². The van der Waals surface area contributed by atoms with Gasteiger partial charge < -0.3 is 10.2 Å². The van der Waals surface area contributed by atoms with Gasteiger partial charge in [-0.05, 0) is 63.7 Å². The Morgan fingerprint density at radius 2 is 1.19 bits per heavy atom. The molecule has 0 bridgehead atoms. The number of carboxylic acid groups (broad SMARTS) is 2. The first-order chi connectivity index (χ1) is 15.5. The van der Waals surface area contributed by atoms with Crippen LogP contribution in [0.3, 0.4) is 0 Å². The van der Waals surface area contributed by atoms with Crippen LogP contribution in [0.25, 0.3) is 0 Å². The molecule has 0 aliphatic rings. The third-order valence-corrected chi connectivity index (χ3v) is 6.22. The third kappa shape index (κ3) is 20.3. The Morgan fingerprint density at radius 1 is 0.688 bits per heavy atom. The maximum absolute atomic E-state index is 11.7. The minimum atomic E-state index is -0.706. The molecule has 4 heteroatoms. The van der Waals surface area contributed by atoms with E-state index in [-0.39, 0.29) is 18.3 Å². The number of carboxylic acids is 2. The van der Waals surface area contributed by atoms with Gasteiger partial charge in [-0.25, -0.2) is 0 Å². The Labute approximate surface area is 197 Å². The van der Waals surface area contributed by atoms with Crippen molar-refractivity contribution >= 4 is 11.9 Å². The van der Waals surface area contributed by atoms with Crippen molar-refractivity contribution in [3.8, 4) is 0 Å². The number of unbranched alkanes of at least 4 members (excludes halogenated alkanes) is 12. The SMILES string of the molecule is CCCCCC=CCCCCCCC(C(=O)O)C(C)CC=CCCCCCCCC(=O)O. The van der Waals surface area contributed by atoms with Crippen LogP contribution >= 0.6 is 0 Å². The highest BCUT2D eigenvalue weighted by molar-refractivity contribution is 5.70. The Bertz CT molecular complexity index is 510. The van der Waals surface area contributed by atoms with E-state index in [0.29, 0.717) is 0 Å². The molecular formula is C28H50O4. The molecule has 0 aromatic heterocycles. The summed E-state index contributed by atoms with van der Waals surface area (Å²) in [7, 11) is 0. The summed E-state index contributed by atoms with van der Waals surface area (Å²) in [6, 6.07) is 0. The van der Waals surface area contributed by atoms with Gasteiger partial charge in [0.15, 0.2) is 0 Å². The van der Waals surface area contributed by atoms with Crippen molar-refractivity contribution < 1.29 is 19.8 Å². The average molecular weight is 451 g/mol. The molecule has 32 heavy (non-hydrogen) atoms. The van der Waals surface area contributed by atoms with E-state index in [1.807, 2.05) is 0 Å². The predicted octanol–water partition coefficient (Wildman–Crippen LogP) is 8.56. The second-order valence-electron chi connectivity index (χ2n) is 9.29. The summed E-state index contributed by atoms with van der Waals surface area (Å²) >= 11 is 0. The topological polar surface area (TPSA) is 74.6 Å². The van der Waals surface area contributed by atoms with Gasteiger partial charge in [-0.15, -0.1) is 0 Å². The maximum Gasteiger partial charge on any atom is 0.306 e. The molecule has 0 rings (SSSR count). The Kier molecular flexibility index (Phi) is 21.5. The fourth-order valence-electron chi connectivity index (χ4n) is 4.04. The van der Waals surface area contributed by atoms with Gasteiger partial charge in [0, 0.05) is 6.42 Å². The third-order valence-electron chi connectivity index (χ3n) is 6.22. The number of aliphatic carboxylic acids is 2. The zero-order valence-corrected chi connectivity index (χ0v) is 20.9. The lowest BCUT2D eigenvalue weighted by molar-refractivity contribution is -0.143. The molecule has 0 saturated heterocycles. The van der Waals surface area contributed by atoms with Crippen molar-refractivity contribution in [2.75, 3.05) is 0 Å². The van der Waals surface area contributed by atoms with Crippen LogP contribution in [0.2, 0.25) is 0 Å². The predicted molar refractivity (Wildman–Crippen MR) is 135 cm³/mol. The normalized spacial score (nSPS) is 13.7. The molecule has 0 spiro atoms. The molecule has 0 aliphatic carbocycles. The molecule has 0 saturated carbocycles. The van der Waals surface area contributed by atoms with E-state index in [1.54, 1.807) is 0 Å². The van der Waals surface area contributed by atoms with Crippen LogP contribution in [0.5, 0.6) is 0 Å². The smallest absolute Gasteiger partial charge is 0.306 e. The standard InChI is InChI=1S/C28H50O4/c1-3-4-5-6-7-8-9-10-14-17-20-23-26(28(31)32)25(2)22-19-16-13-11-12-15-18-21-24-27(29)30/h7-8,16,19,25-26H,3-6,9-15,17-18,20-24H2,1-2H3,(H,29,30)(H,31,32). The van der Waals surface area contributed by atoms with Crippen molar-refractivity contribution in [3.05, 3.63) is 24.3 Å². The second kappa shape index (κ2) is 22.6. The molecule has 0 radical (unpaired) electrons. The van der Waals surface area contributed by atoms with Gasteiger partial charge in [0.05, 0.1) is 5.92 Å². The Hall–Kier alpha value is -1.58. The highest BCUT2D eigenvalue weighted by atomic mass is 16.4. The summed E-state index contributed by atoms with van der Waals surface area (Å²) in [6.45, 7) is 4.30. The van der Waals surface area contributed by atoms with Gasteiger partial charge in [0.1, 0.15) is 0 Å². The van der Waals surface area contributed by atoms with E-state index in [9.17, 15) is 14.7 Å². The van der Waals surface area contributed by atoms with Crippen LogP contribution in [0.4, 0.5) is 0 Å². The highest BCUT2D eigenvalue weighted by Crippen LogP contribution is 2.23. The monoisotopic (exact) mass is 450 g/mol. The summed E-state index contributed by atoms with van der Waals surface area (Å²) in [5, 5.41) is 18.2. The second-order valence-corrected chi connectivity index (χ2v) is 9.29. The van der Waals surface area contributed by atoms with Gasteiger partial charge in [0.25, 0.3) is 0 Å². The summed E-state index contributed by atoms with van der Waals surface area (Å²) in [6.07, 6.45) is 27.8. The molecule has 0 heterocycles. The first-order valence-electron chi connectivity index (χ1n) is 13.2. The van der Waals surface area contributed by atoms with E-state index in [2.05, 4.69) is 38.2 Å². The summed E-state index contributed by atoms with van der Waals surface area (Å²) in [5.41, 5.74) is 0. The van der Waals surface area contributed by atoms with Crippen LogP contribution in [-0.2, 0) is 9.59 Å². The molecule has 0 aromatic rings. The lowest BCUT2D eigenvalue weighted by Crippen LogP contribution is -2.21. The summed E-state index contributed by atoms with van der Waals surface area (Å²) < 4.78 is 0. The molecule has 186 valence electrons. The number of rotatable bonds is 23. The minimum Gasteiger partial charge on any atom is -0.481 e. The van der Waals surface area contributed by atoms with Crippen LogP contribution in [0, 0.1) is 11.8 Å². The molecule has 4 nitrogen and oxygen atoms in total. The first kappa shape index (κ1) is 30.4. The fourth-order valence-corrected chi connectivity index (χ4v) is 4.04. The zero-order chi connectivity index (χ0) is 23.9. The van der Waals surface area contributed by atoms with E-state index in [0.717, 1.165) is 70.6 Å². The van der Waals surface area contributed by atoms with Crippen LogP contribution in [0.15, 0.2) is 24.3 Å². The number of carbonyl (C=O) groups is 2. The molecule has 2 atom stereocenters. The van der Waals surface area contributed by atoms with Crippen molar-refractivity contribution in [2.24, 2.45) is 11.8 Å². The van der Waals surface area contributed by atoms with Crippen molar-refractivity contribution in [1.29, 1.82) is 0 Å². The molecule has 2 N–H and O–H groups in total. The lowest BCUT2D eigenvalue weighted by atomic mass is 9.86. The zero-order valence-electron chi connectivity index (χ0n) is 20.9. The highest BCUT2D eigenvalue weighted by Gasteiger charge is 2.23. The van der Waals surface area contributed by atoms with Gasteiger partial charge >= 0.3 is 11.9 Å². The van der Waals surface area contributed by atoms with E-state index >= 15 is 0 Å². The molecule has 2 unspecified atom stereocenters. The summed E-state index contributed by atoms with van der Waals surface area (Å²) in [5.74, 6) is -1.43. The van der Waals surface area contributed by atoms with E-state index in [1.165, 1.54) is 38.5 Å². The van der Waals surface area contributed by atoms with Crippen LogP contribution in [0.1, 0.15) is 129 Å². The summed E-state index contributed by atoms with van der Waals surface area (Å²) in [4.78, 5) is 22.1. The molecule has 0 amide bonds. The van der Waals surface area contributed by atoms with Gasteiger partial charge in [-0.1, -0.05) is 89.5 Å². The largest absolute Gasteiger partial charge is 0.481 e. The Balaban J connectivity index is 3.79. The molecule has 0 fully saturated rings.